The Morgan fingerprint density at radius 3 is 2.52 bits per heavy atom. The maximum absolute atomic E-state index is 12.1. The van der Waals surface area contributed by atoms with Crippen LogP contribution in [0.2, 0.25) is 10.0 Å². The molecule has 0 unspecified atom stereocenters. The van der Waals surface area contributed by atoms with Crippen LogP contribution in [-0.4, -0.2) is 12.5 Å². The van der Waals surface area contributed by atoms with E-state index in [1.54, 1.807) is 30.3 Å². The summed E-state index contributed by atoms with van der Waals surface area (Å²) in [6.07, 6.45) is 2.87. The molecular formula is C16H11Cl2F2NO2. The largest absolute Gasteiger partial charge is 0.433 e. The monoisotopic (exact) mass is 357 g/mol. The number of carbonyl (C=O) groups is 1. The van der Waals surface area contributed by atoms with Crippen LogP contribution < -0.4 is 10.1 Å². The fourth-order valence-corrected chi connectivity index (χ4v) is 2.15. The normalized spacial score (nSPS) is 11.0. The molecule has 0 aliphatic heterocycles. The second-order valence-corrected chi connectivity index (χ2v) is 5.18. The van der Waals surface area contributed by atoms with E-state index in [4.69, 9.17) is 23.2 Å². The minimum atomic E-state index is -2.97. The summed E-state index contributed by atoms with van der Waals surface area (Å²) in [5.74, 6) is -0.574. The number of hydrogen-bond donors (Lipinski definition) is 1. The van der Waals surface area contributed by atoms with Crippen molar-refractivity contribution in [1.82, 2.24) is 0 Å². The van der Waals surface area contributed by atoms with E-state index < -0.39 is 12.5 Å². The van der Waals surface area contributed by atoms with Crippen molar-refractivity contribution in [3.05, 3.63) is 64.1 Å². The maximum Gasteiger partial charge on any atom is 0.387 e. The number of alkyl halides is 2. The quantitative estimate of drug-likeness (QED) is 0.742. The fourth-order valence-electron chi connectivity index (χ4n) is 1.73. The van der Waals surface area contributed by atoms with E-state index >= 15 is 0 Å². The Morgan fingerprint density at radius 2 is 1.87 bits per heavy atom. The highest BCUT2D eigenvalue weighted by Gasteiger charge is 2.09. The fraction of sp³-hybridized carbons (Fsp3) is 0.0625. The lowest BCUT2D eigenvalue weighted by Gasteiger charge is -2.08. The number of amides is 1. The first kappa shape index (κ1) is 17.2. The lowest BCUT2D eigenvalue weighted by molar-refractivity contribution is -0.111. The Morgan fingerprint density at radius 1 is 1.13 bits per heavy atom. The van der Waals surface area contributed by atoms with E-state index in [0.717, 1.165) is 0 Å². The number of hydrogen-bond acceptors (Lipinski definition) is 2. The van der Waals surface area contributed by atoms with E-state index in [1.165, 1.54) is 24.3 Å². The topological polar surface area (TPSA) is 38.3 Å². The highest BCUT2D eigenvalue weighted by Crippen LogP contribution is 2.29. The summed E-state index contributed by atoms with van der Waals surface area (Å²) in [6.45, 7) is -2.97. The minimum absolute atomic E-state index is 0.0295. The predicted octanol–water partition coefficient (Wildman–Crippen LogP) is 5.25. The lowest BCUT2D eigenvalue weighted by atomic mass is 10.2. The molecule has 0 bridgehead atoms. The van der Waals surface area contributed by atoms with Gasteiger partial charge in [-0.25, -0.2) is 0 Å². The van der Waals surface area contributed by atoms with Crippen molar-refractivity contribution < 1.29 is 18.3 Å². The summed E-state index contributed by atoms with van der Waals surface area (Å²) in [5, 5.41) is 3.05. The smallest absolute Gasteiger partial charge is 0.387 e. The molecule has 1 N–H and O–H groups in total. The zero-order valence-corrected chi connectivity index (χ0v) is 13.1. The molecule has 2 aromatic rings. The van der Waals surface area contributed by atoms with Gasteiger partial charge in [0.1, 0.15) is 5.75 Å². The van der Waals surface area contributed by atoms with Gasteiger partial charge in [0.2, 0.25) is 5.91 Å². The number of carbonyl (C=O) groups excluding carboxylic acids is 1. The number of benzene rings is 2. The number of rotatable bonds is 5. The minimum Gasteiger partial charge on any atom is -0.433 e. The first-order chi connectivity index (χ1) is 11.0. The average Bonchev–Trinajstić information content (AvgIpc) is 2.49. The second-order valence-electron chi connectivity index (χ2n) is 4.37. The Kier molecular flexibility index (Phi) is 5.96. The van der Waals surface area contributed by atoms with E-state index in [0.29, 0.717) is 16.3 Å². The van der Waals surface area contributed by atoms with Crippen LogP contribution in [0.4, 0.5) is 14.5 Å². The summed E-state index contributed by atoms with van der Waals surface area (Å²) in [7, 11) is 0. The SMILES string of the molecule is O=C(/C=C/c1ccccc1Cl)Nc1ccc(OC(F)F)c(Cl)c1. The summed E-state index contributed by atoms with van der Waals surface area (Å²) in [6, 6.07) is 11.0. The first-order valence-corrected chi connectivity index (χ1v) is 7.19. The van der Waals surface area contributed by atoms with E-state index in [1.807, 2.05) is 0 Å². The van der Waals surface area contributed by atoms with Gasteiger partial charge in [0, 0.05) is 16.8 Å². The van der Waals surface area contributed by atoms with Crippen molar-refractivity contribution in [3.8, 4) is 5.75 Å². The van der Waals surface area contributed by atoms with Crippen LogP contribution in [0.25, 0.3) is 6.08 Å². The third kappa shape index (κ3) is 5.23. The summed E-state index contributed by atoms with van der Waals surface area (Å²) >= 11 is 11.8. The predicted molar refractivity (Wildman–Crippen MR) is 87.2 cm³/mol. The van der Waals surface area contributed by atoms with Crippen LogP contribution in [0, 0.1) is 0 Å². The van der Waals surface area contributed by atoms with Gasteiger partial charge in [0.25, 0.3) is 0 Å². The van der Waals surface area contributed by atoms with Crippen molar-refractivity contribution in [2.24, 2.45) is 0 Å². The van der Waals surface area contributed by atoms with Gasteiger partial charge in [0.15, 0.2) is 0 Å². The molecule has 0 radical (unpaired) electrons. The van der Waals surface area contributed by atoms with Crippen molar-refractivity contribution >= 4 is 40.9 Å². The molecule has 120 valence electrons. The second kappa shape index (κ2) is 7.94. The van der Waals surface area contributed by atoms with Gasteiger partial charge in [-0.3, -0.25) is 4.79 Å². The number of ether oxygens (including phenoxy) is 1. The Labute approximate surface area is 141 Å². The van der Waals surface area contributed by atoms with Gasteiger partial charge in [0.05, 0.1) is 5.02 Å². The molecular weight excluding hydrogens is 347 g/mol. The summed E-state index contributed by atoms with van der Waals surface area (Å²) in [5.41, 5.74) is 1.05. The number of nitrogens with one attached hydrogen (secondary N) is 1. The Bertz CT molecular complexity index is 736. The number of anilines is 1. The highest BCUT2D eigenvalue weighted by molar-refractivity contribution is 6.32. The summed E-state index contributed by atoms with van der Waals surface area (Å²) in [4.78, 5) is 11.8. The van der Waals surface area contributed by atoms with Crippen LogP contribution in [0.5, 0.6) is 5.75 Å². The molecule has 0 aliphatic carbocycles. The molecule has 1 amide bonds. The van der Waals surface area contributed by atoms with E-state index in [9.17, 15) is 13.6 Å². The Balaban J connectivity index is 2.03. The standard InChI is InChI=1S/C16H11Cl2F2NO2/c17-12-4-2-1-3-10(12)5-8-15(22)21-11-6-7-14(13(18)9-11)23-16(19)20/h1-9,16H,(H,21,22)/b8-5+. The van der Waals surface area contributed by atoms with E-state index in [-0.39, 0.29) is 10.8 Å². The summed E-state index contributed by atoms with van der Waals surface area (Å²) < 4.78 is 28.5. The van der Waals surface area contributed by atoms with Crippen molar-refractivity contribution in [1.29, 1.82) is 0 Å². The zero-order chi connectivity index (χ0) is 16.8. The van der Waals surface area contributed by atoms with Crippen LogP contribution in [0.1, 0.15) is 5.56 Å². The molecule has 7 heteroatoms. The molecule has 23 heavy (non-hydrogen) atoms. The third-order valence-electron chi connectivity index (χ3n) is 2.73. The molecule has 0 aromatic heterocycles. The van der Waals surface area contributed by atoms with Gasteiger partial charge in [-0.2, -0.15) is 8.78 Å². The molecule has 3 nitrogen and oxygen atoms in total. The van der Waals surface area contributed by atoms with Gasteiger partial charge in [-0.05, 0) is 35.9 Å². The highest BCUT2D eigenvalue weighted by atomic mass is 35.5. The van der Waals surface area contributed by atoms with Crippen molar-refractivity contribution in [2.75, 3.05) is 5.32 Å². The van der Waals surface area contributed by atoms with E-state index in [2.05, 4.69) is 10.1 Å². The first-order valence-electron chi connectivity index (χ1n) is 6.43. The van der Waals surface area contributed by atoms with Crippen LogP contribution in [0.15, 0.2) is 48.5 Å². The van der Waals surface area contributed by atoms with Crippen LogP contribution in [0.3, 0.4) is 0 Å². The van der Waals surface area contributed by atoms with Crippen LogP contribution >= 0.6 is 23.2 Å². The zero-order valence-electron chi connectivity index (χ0n) is 11.6. The van der Waals surface area contributed by atoms with Gasteiger partial charge < -0.3 is 10.1 Å². The third-order valence-corrected chi connectivity index (χ3v) is 3.37. The van der Waals surface area contributed by atoms with Gasteiger partial charge in [-0.1, -0.05) is 41.4 Å². The Hall–Kier alpha value is -2.11. The molecule has 0 heterocycles. The molecule has 2 rings (SSSR count). The van der Waals surface area contributed by atoms with Crippen molar-refractivity contribution in [2.45, 2.75) is 6.61 Å². The van der Waals surface area contributed by atoms with Crippen LogP contribution in [-0.2, 0) is 4.79 Å². The molecule has 0 atom stereocenters. The van der Waals surface area contributed by atoms with Crippen molar-refractivity contribution in [3.63, 3.8) is 0 Å². The molecule has 0 fully saturated rings. The molecule has 0 spiro atoms. The lowest BCUT2D eigenvalue weighted by Crippen LogP contribution is -2.08. The molecule has 2 aromatic carbocycles. The van der Waals surface area contributed by atoms with Gasteiger partial charge in [-0.15, -0.1) is 0 Å². The maximum atomic E-state index is 12.1. The molecule has 0 saturated carbocycles. The molecule has 0 aliphatic rings. The number of halogens is 4. The average molecular weight is 358 g/mol. The van der Waals surface area contributed by atoms with Gasteiger partial charge >= 0.3 is 6.61 Å². The molecule has 0 saturated heterocycles.